The molecule has 0 spiro atoms. The third kappa shape index (κ3) is 5.70. The molecule has 0 unspecified atom stereocenters. The number of rotatable bonds is 6. The fourth-order valence-corrected chi connectivity index (χ4v) is 2.86. The minimum absolute atomic E-state index is 0.0733. The molecule has 7 nitrogen and oxygen atoms in total. The second kappa shape index (κ2) is 9.56. The van der Waals surface area contributed by atoms with E-state index in [9.17, 15) is 4.79 Å². The lowest BCUT2D eigenvalue weighted by molar-refractivity contribution is -0.120. The van der Waals surface area contributed by atoms with Gasteiger partial charge in [-0.15, -0.1) is 0 Å². The molecule has 0 aliphatic carbocycles. The summed E-state index contributed by atoms with van der Waals surface area (Å²) in [7, 11) is 0. The van der Waals surface area contributed by atoms with E-state index >= 15 is 0 Å². The second-order valence-corrected chi connectivity index (χ2v) is 6.31. The largest absolute Gasteiger partial charge is 0.360 e. The van der Waals surface area contributed by atoms with Crippen molar-refractivity contribution >= 4 is 17.6 Å². The van der Waals surface area contributed by atoms with E-state index in [1.54, 1.807) is 6.20 Å². The highest BCUT2D eigenvalue weighted by Gasteiger charge is 2.16. The average Bonchev–Trinajstić information content (AvgIpc) is 2.71. The lowest BCUT2D eigenvalue weighted by Crippen LogP contribution is -2.47. The van der Waals surface area contributed by atoms with Gasteiger partial charge < -0.3 is 20.9 Å². The standard InChI is InChI=1S/C20H26N6O/c1-2-21-20(25-14-17-5-3-4-10-22-17)24-13-16-6-8-18(9-7-16)26-12-11-23-19(27)15-26/h3-10H,2,11-15H2,1H3,(H,23,27)(H2,21,24,25). The maximum Gasteiger partial charge on any atom is 0.239 e. The van der Waals surface area contributed by atoms with E-state index in [-0.39, 0.29) is 5.91 Å². The van der Waals surface area contributed by atoms with Crippen LogP contribution in [0.5, 0.6) is 0 Å². The van der Waals surface area contributed by atoms with Gasteiger partial charge in [-0.1, -0.05) is 18.2 Å². The summed E-state index contributed by atoms with van der Waals surface area (Å²) in [6, 6.07) is 14.1. The van der Waals surface area contributed by atoms with E-state index < -0.39 is 0 Å². The molecule has 0 radical (unpaired) electrons. The Morgan fingerprint density at radius 2 is 2.07 bits per heavy atom. The summed E-state index contributed by atoms with van der Waals surface area (Å²) in [6.07, 6.45) is 1.79. The number of aromatic nitrogens is 1. The van der Waals surface area contributed by atoms with Crippen LogP contribution in [0.2, 0.25) is 0 Å². The number of piperazine rings is 1. The molecule has 27 heavy (non-hydrogen) atoms. The van der Waals surface area contributed by atoms with E-state index in [0.717, 1.165) is 36.0 Å². The van der Waals surface area contributed by atoms with Crippen molar-refractivity contribution in [2.75, 3.05) is 31.1 Å². The van der Waals surface area contributed by atoms with Gasteiger partial charge in [0.2, 0.25) is 5.91 Å². The van der Waals surface area contributed by atoms with Crippen molar-refractivity contribution in [3.05, 3.63) is 59.9 Å². The zero-order valence-electron chi connectivity index (χ0n) is 15.6. The molecule has 0 atom stereocenters. The number of amides is 1. The summed E-state index contributed by atoms with van der Waals surface area (Å²) < 4.78 is 0. The van der Waals surface area contributed by atoms with Crippen LogP contribution in [0.3, 0.4) is 0 Å². The maximum absolute atomic E-state index is 11.5. The zero-order valence-corrected chi connectivity index (χ0v) is 15.6. The minimum Gasteiger partial charge on any atom is -0.360 e. The highest BCUT2D eigenvalue weighted by atomic mass is 16.2. The Labute approximate surface area is 159 Å². The van der Waals surface area contributed by atoms with Crippen molar-refractivity contribution in [2.24, 2.45) is 4.99 Å². The number of nitrogens with zero attached hydrogens (tertiary/aromatic N) is 3. The van der Waals surface area contributed by atoms with Gasteiger partial charge in [-0.2, -0.15) is 0 Å². The number of aliphatic imine (C=N–C) groups is 1. The van der Waals surface area contributed by atoms with E-state index in [4.69, 9.17) is 0 Å². The second-order valence-electron chi connectivity index (χ2n) is 6.31. The van der Waals surface area contributed by atoms with E-state index in [1.807, 2.05) is 25.1 Å². The summed E-state index contributed by atoms with van der Waals surface area (Å²) in [4.78, 5) is 22.6. The molecule has 2 aromatic rings. The maximum atomic E-state index is 11.5. The molecule has 1 aromatic carbocycles. The van der Waals surface area contributed by atoms with E-state index in [0.29, 0.717) is 26.2 Å². The van der Waals surface area contributed by atoms with Gasteiger partial charge in [0.25, 0.3) is 0 Å². The van der Waals surface area contributed by atoms with Gasteiger partial charge in [-0.25, -0.2) is 4.99 Å². The first kappa shape index (κ1) is 18.7. The summed E-state index contributed by atoms with van der Waals surface area (Å²) in [5, 5.41) is 9.39. The van der Waals surface area contributed by atoms with Crippen LogP contribution in [-0.2, 0) is 17.9 Å². The van der Waals surface area contributed by atoms with Crippen molar-refractivity contribution < 1.29 is 4.79 Å². The van der Waals surface area contributed by atoms with Gasteiger partial charge in [0.1, 0.15) is 0 Å². The van der Waals surface area contributed by atoms with Crippen LogP contribution in [0.25, 0.3) is 0 Å². The first-order valence-electron chi connectivity index (χ1n) is 9.27. The Morgan fingerprint density at radius 1 is 1.22 bits per heavy atom. The lowest BCUT2D eigenvalue weighted by atomic mass is 10.2. The van der Waals surface area contributed by atoms with Crippen molar-refractivity contribution in [1.82, 2.24) is 20.9 Å². The predicted molar refractivity (Wildman–Crippen MR) is 108 cm³/mol. The van der Waals surface area contributed by atoms with Crippen LogP contribution in [-0.4, -0.2) is 43.0 Å². The highest BCUT2D eigenvalue weighted by Crippen LogP contribution is 2.16. The molecule has 1 aromatic heterocycles. The molecule has 0 bridgehead atoms. The Hall–Kier alpha value is -3.09. The molecule has 142 valence electrons. The van der Waals surface area contributed by atoms with Crippen LogP contribution < -0.4 is 20.9 Å². The molecule has 3 N–H and O–H groups in total. The number of hydrogen-bond donors (Lipinski definition) is 3. The molecule has 1 aliphatic rings. The SMILES string of the molecule is CCNC(=NCc1ccc(N2CCNC(=O)C2)cc1)NCc1ccccn1. The molecule has 1 fully saturated rings. The molecular weight excluding hydrogens is 340 g/mol. The number of benzene rings is 1. The Balaban J connectivity index is 1.57. The van der Waals surface area contributed by atoms with Gasteiger partial charge in [0, 0.05) is 31.5 Å². The van der Waals surface area contributed by atoms with Gasteiger partial charge in [-0.3, -0.25) is 9.78 Å². The zero-order chi connectivity index (χ0) is 18.9. The van der Waals surface area contributed by atoms with E-state index in [2.05, 4.69) is 55.1 Å². The van der Waals surface area contributed by atoms with Crippen molar-refractivity contribution in [3.63, 3.8) is 0 Å². The van der Waals surface area contributed by atoms with Crippen LogP contribution in [0.4, 0.5) is 5.69 Å². The predicted octanol–water partition coefficient (Wildman–Crippen LogP) is 1.27. The van der Waals surface area contributed by atoms with Crippen molar-refractivity contribution in [3.8, 4) is 0 Å². The number of nitrogens with one attached hydrogen (secondary N) is 3. The third-order valence-electron chi connectivity index (χ3n) is 4.27. The number of hydrogen-bond acceptors (Lipinski definition) is 4. The van der Waals surface area contributed by atoms with Crippen molar-refractivity contribution in [2.45, 2.75) is 20.0 Å². The smallest absolute Gasteiger partial charge is 0.239 e. The molecule has 2 heterocycles. The molecule has 1 saturated heterocycles. The minimum atomic E-state index is 0.0733. The lowest BCUT2D eigenvalue weighted by Gasteiger charge is -2.28. The van der Waals surface area contributed by atoms with Crippen LogP contribution in [0, 0.1) is 0 Å². The fraction of sp³-hybridized carbons (Fsp3) is 0.350. The van der Waals surface area contributed by atoms with Crippen molar-refractivity contribution in [1.29, 1.82) is 0 Å². The number of carbonyl (C=O) groups is 1. The van der Waals surface area contributed by atoms with Gasteiger partial charge in [-0.05, 0) is 36.8 Å². The van der Waals surface area contributed by atoms with E-state index in [1.165, 1.54) is 0 Å². The number of pyridine rings is 1. The molecule has 7 heteroatoms. The average molecular weight is 366 g/mol. The first-order chi connectivity index (χ1) is 13.2. The highest BCUT2D eigenvalue weighted by molar-refractivity contribution is 5.82. The molecule has 3 rings (SSSR count). The summed E-state index contributed by atoms with van der Waals surface area (Å²) in [6.45, 7) is 6.00. The quantitative estimate of drug-likeness (QED) is 0.530. The molecule has 1 amide bonds. The Bertz CT molecular complexity index is 760. The summed E-state index contributed by atoms with van der Waals surface area (Å²) in [5.41, 5.74) is 3.16. The fourth-order valence-electron chi connectivity index (χ4n) is 2.86. The Kier molecular flexibility index (Phi) is 6.62. The molecule has 1 aliphatic heterocycles. The van der Waals surface area contributed by atoms with Gasteiger partial charge in [0.05, 0.1) is 25.3 Å². The molecular formula is C20H26N6O. The topological polar surface area (TPSA) is 81.7 Å². The number of carbonyl (C=O) groups excluding carboxylic acids is 1. The number of anilines is 1. The van der Waals surface area contributed by atoms with Crippen LogP contribution in [0.1, 0.15) is 18.2 Å². The summed E-state index contributed by atoms with van der Waals surface area (Å²) in [5.74, 6) is 0.837. The normalized spacial score (nSPS) is 14.6. The van der Waals surface area contributed by atoms with Crippen LogP contribution in [0.15, 0.2) is 53.7 Å². The van der Waals surface area contributed by atoms with Crippen LogP contribution >= 0.6 is 0 Å². The van der Waals surface area contributed by atoms with Gasteiger partial charge in [0.15, 0.2) is 5.96 Å². The number of guanidine groups is 1. The summed E-state index contributed by atoms with van der Waals surface area (Å²) >= 11 is 0. The molecule has 0 saturated carbocycles. The van der Waals surface area contributed by atoms with Gasteiger partial charge >= 0.3 is 0 Å². The Morgan fingerprint density at radius 3 is 2.78 bits per heavy atom. The third-order valence-corrected chi connectivity index (χ3v) is 4.27. The first-order valence-corrected chi connectivity index (χ1v) is 9.27. The monoisotopic (exact) mass is 366 g/mol.